The lowest BCUT2D eigenvalue weighted by Crippen LogP contribution is -2.22. The number of carbonyl (C=O) groups is 2. The first-order chi connectivity index (χ1) is 14.2. The Morgan fingerprint density at radius 2 is 1.17 bits per heavy atom. The first-order valence-corrected chi connectivity index (χ1v) is 9.37. The molecule has 140 valence electrons. The van der Waals surface area contributed by atoms with Crippen LogP contribution >= 0.6 is 0 Å². The third kappa shape index (κ3) is 4.30. The van der Waals surface area contributed by atoms with Crippen molar-refractivity contribution in [2.24, 2.45) is 0 Å². The smallest absolute Gasteiger partial charge is 0.255 e. The maximum absolute atomic E-state index is 12.9. The molecule has 0 saturated heterocycles. The Bertz CT molecular complexity index is 1200. The van der Waals surface area contributed by atoms with E-state index in [0.717, 1.165) is 16.3 Å². The summed E-state index contributed by atoms with van der Waals surface area (Å²) < 4.78 is 0. The fourth-order valence-electron chi connectivity index (χ4n) is 3.15. The molecule has 29 heavy (non-hydrogen) atoms. The average Bonchev–Trinajstić information content (AvgIpc) is 2.79. The van der Waals surface area contributed by atoms with E-state index in [1.165, 1.54) is 6.08 Å². The summed E-state index contributed by atoms with van der Waals surface area (Å²) in [5.74, 6) is -0.421. The molecule has 3 heteroatoms. The van der Waals surface area contributed by atoms with Crippen LogP contribution in [-0.4, -0.2) is 11.7 Å². The molecule has 4 aromatic rings. The summed E-state index contributed by atoms with van der Waals surface area (Å²) in [4.78, 5) is 25.6. The molecular weight excluding hydrogens is 358 g/mol. The number of allylic oxidation sites excluding steroid dienone is 1. The predicted octanol–water partition coefficient (Wildman–Crippen LogP) is 5.49. The number of hydrogen-bond donors (Lipinski definition) is 1. The second-order valence-corrected chi connectivity index (χ2v) is 6.67. The minimum atomic E-state index is -0.258. The van der Waals surface area contributed by atoms with Gasteiger partial charge in [0, 0.05) is 17.2 Å². The van der Waals surface area contributed by atoms with Gasteiger partial charge in [0.25, 0.3) is 5.91 Å². The molecule has 0 aromatic heterocycles. The zero-order valence-corrected chi connectivity index (χ0v) is 15.7. The zero-order chi connectivity index (χ0) is 20.1. The van der Waals surface area contributed by atoms with E-state index in [0.29, 0.717) is 16.8 Å². The third-order valence-corrected chi connectivity index (χ3v) is 4.68. The number of nitrogens with one attached hydrogen (secondary N) is 1. The first-order valence-electron chi connectivity index (χ1n) is 9.37. The van der Waals surface area contributed by atoms with Crippen molar-refractivity contribution >= 4 is 28.2 Å². The highest BCUT2D eigenvalue weighted by Crippen LogP contribution is 2.18. The molecule has 0 aliphatic carbocycles. The van der Waals surface area contributed by atoms with Crippen LogP contribution in [0.15, 0.2) is 109 Å². The van der Waals surface area contributed by atoms with Gasteiger partial charge in [0.1, 0.15) is 0 Å². The number of benzene rings is 4. The van der Waals surface area contributed by atoms with Gasteiger partial charge in [0.2, 0.25) is 0 Å². The lowest BCUT2D eigenvalue weighted by molar-refractivity contribution is 0.0974. The summed E-state index contributed by atoms with van der Waals surface area (Å²) in [6.45, 7) is 0. The Balaban J connectivity index is 1.66. The summed E-state index contributed by atoms with van der Waals surface area (Å²) in [5.41, 5.74) is 2.35. The molecule has 0 radical (unpaired) electrons. The van der Waals surface area contributed by atoms with Crippen LogP contribution in [0, 0.1) is 0 Å². The van der Waals surface area contributed by atoms with Gasteiger partial charge in [0.05, 0.1) is 5.70 Å². The Hall–Kier alpha value is -3.98. The highest BCUT2D eigenvalue weighted by molar-refractivity contribution is 6.11. The molecule has 1 amide bonds. The average molecular weight is 377 g/mol. The quantitative estimate of drug-likeness (QED) is 0.369. The van der Waals surface area contributed by atoms with E-state index >= 15 is 0 Å². The van der Waals surface area contributed by atoms with E-state index in [-0.39, 0.29) is 11.7 Å². The topological polar surface area (TPSA) is 46.2 Å². The van der Waals surface area contributed by atoms with Gasteiger partial charge < -0.3 is 5.32 Å². The number of carbonyl (C=O) groups excluding carboxylic acids is 2. The largest absolute Gasteiger partial charge is 0.321 e. The van der Waals surface area contributed by atoms with Gasteiger partial charge in [-0.3, -0.25) is 9.59 Å². The van der Waals surface area contributed by atoms with Crippen LogP contribution in [0.5, 0.6) is 0 Å². The summed E-state index contributed by atoms with van der Waals surface area (Å²) in [5, 5.41) is 4.98. The van der Waals surface area contributed by atoms with Gasteiger partial charge >= 0.3 is 0 Å². The summed E-state index contributed by atoms with van der Waals surface area (Å²) >= 11 is 0. The van der Waals surface area contributed by atoms with Crippen molar-refractivity contribution in [3.63, 3.8) is 0 Å². The highest BCUT2D eigenvalue weighted by atomic mass is 16.1. The number of rotatable bonds is 5. The molecule has 0 fully saturated rings. The minimum absolute atomic E-state index is 0.164. The maximum Gasteiger partial charge on any atom is 0.255 e. The molecule has 3 nitrogen and oxygen atoms in total. The second-order valence-electron chi connectivity index (χ2n) is 6.67. The van der Waals surface area contributed by atoms with Crippen LogP contribution in [0.25, 0.3) is 16.5 Å². The van der Waals surface area contributed by atoms with Gasteiger partial charge in [-0.1, -0.05) is 91.0 Å². The van der Waals surface area contributed by atoms with Crippen molar-refractivity contribution in [1.82, 2.24) is 5.32 Å². The molecule has 1 N–H and O–H groups in total. The SMILES string of the molecule is O=C(/C=C(/NC(=O)c1ccc2ccccc2c1)c1ccccc1)c1ccccc1. The molecule has 0 bridgehead atoms. The molecule has 0 atom stereocenters. The molecule has 4 rings (SSSR count). The Morgan fingerprint density at radius 1 is 0.586 bits per heavy atom. The molecular formula is C26H19NO2. The number of fused-ring (bicyclic) bond motifs is 1. The van der Waals surface area contributed by atoms with E-state index in [9.17, 15) is 9.59 Å². The van der Waals surface area contributed by atoms with Gasteiger partial charge in [-0.2, -0.15) is 0 Å². The molecule has 0 heterocycles. The zero-order valence-electron chi connectivity index (χ0n) is 15.7. The van der Waals surface area contributed by atoms with Crippen LogP contribution in [0.4, 0.5) is 0 Å². The van der Waals surface area contributed by atoms with Crippen LogP contribution in [0.1, 0.15) is 26.3 Å². The number of ketones is 1. The van der Waals surface area contributed by atoms with Gasteiger partial charge in [-0.05, 0) is 28.5 Å². The van der Waals surface area contributed by atoms with Crippen molar-refractivity contribution in [2.75, 3.05) is 0 Å². The van der Waals surface area contributed by atoms with Crippen molar-refractivity contribution in [1.29, 1.82) is 0 Å². The van der Waals surface area contributed by atoms with Crippen molar-refractivity contribution in [3.8, 4) is 0 Å². The van der Waals surface area contributed by atoms with Crippen LogP contribution in [0.3, 0.4) is 0 Å². The van der Waals surface area contributed by atoms with Crippen molar-refractivity contribution in [2.45, 2.75) is 0 Å². The third-order valence-electron chi connectivity index (χ3n) is 4.68. The maximum atomic E-state index is 12.9. The molecule has 0 spiro atoms. The lowest BCUT2D eigenvalue weighted by atomic mass is 10.0. The van der Waals surface area contributed by atoms with E-state index in [1.807, 2.05) is 84.9 Å². The van der Waals surface area contributed by atoms with Crippen molar-refractivity contribution in [3.05, 3.63) is 126 Å². The van der Waals surface area contributed by atoms with Crippen molar-refractivity contribution < 1.29 is 9.59 Å². The van der Waals surface area contributed by atoms with Gasteiger partial charge in [0.15, 0.2) is 5.78 Å². The summed E-state index contributed by atoms with van der Waals surface area (Å²) in [7, 11) is 0. The predicted molar refractivity (Wildman–Crippen MR) is 117 cm³/mol. The monoisotopic (exact) mass is 377 g/mol. The molecule has 4 aromatic carbocycles. The highest BCUT2D eigenvalue weighted by Gasteiger charge is 2.12. The Kier molecular flexibility index (Phi) is 5.30. The number of hydrogen-bond acceptors (Lipinski definition) is 2. The lowest BCUT2D eigenvalue weighted by Gasteiger charge is -2.11. The molecule has 0 saturated carbocycles. The second kappa shape index (κ2) is 8.36. The molecule has 0 unspecified atom stereocenters. The first kappa shape index (κ1) is 18.4. The summed E-state index contributed by atoms with van der Waals surface area (Å²) in [6.07, 6.45) is 1.48. The fraction of sp³-hybridized carbons (Fsp3) is 0. The summed E-state index contributed by atoms with van der Waals surface area (Å²) in [6, 6.07) is 31.8. The van der Waals surface area contributed by atoms with Crippen LogP contribution < -0.4 is 5.32 Å². The Morgan fingerprint density at radius 3 is 1.86 bits per heavy atom. The van der Waals surface area contributed by atoms with Gasteiger partial charge in [-0.25, -0.2) is 0 Å². The number of amides is 1. The molecule has 0 aliphatic heterocycles. The molecule has 0 aliphatic rings. The Labute approximate surface area is 169 Å². The van der Waals surface area contributed by atoms with Crippen LogP contribution in [0.2, 0.25) is 0 Å². The van der Waals surface area contributed by atoms with E-state index in [1.54, 1.807) is 18.2 Å². The fourth-order valence-corrected chi connectivity index (χ4v) is 3.15. The van der Waals surface area contributed by atoms with Crippen LogP contribution in [-0.2, 0) is 0 Å². The standard InChI is InChI=1S/C26H19NO2/c28-25(21-12-5-2-6-13-21)18-24(20-10-3-1-4-11-20)27-26(29)23-16-15-19-9-7-8-14-22(19)17-23/h1-18H,(H,27,29)/b24-18+. The van der Waals surface area contributed by atoms with Gasteiger partial charge in [-0.15, -0.1) is 0 Å². The minimum Gasteiger partial charge on any atom is -0.321 e. The van der Waals surface area contributed by atoms with E-state index < -0.39 is 0 Å². The normalized spacial score (nSPS) is 11.2. The van der Waals surface area contributed by atoms with E-state index in [2.05, 4.69) is 5.32 Å². The van der Waals surface area contributed by atoms with E-state index in [4.69, 9.17) is 0 Å².